The van der Waals surface area contributed by atoms with E-state index >= 15 is 0 Å². The van der Waals surface area contributed by atoms with E-state index < -0.39 is 0 Å². The Bertz CT molecular complexity index is 635. The summed E-state index contributed by atoms with van der Waals surface area (Å²) in [5.74, 6) is 1.39. The summed E-state index contributed by atoms with van der Waals surface area (Å²) in [5.41, 5.74) is 0.857. The second-order valence-electron chi connectivity index (χ2n) is 5.89. The van der Waals surface area contributed by atoms with Gasteiger partial charge in [0.25, 0.3) is 0 Å². The van der Waals surface area contributed by atoms with Gasteiger partial charge in [0.2, 0.25) is 5.88 Å². The summed E-state index contributed by atoms with van der Waals surface area (Å²) < 4.78 is 13.6. The number of nitrogens with zero attached hydrogens (tertiary/aromatic N) is 2. The number of rotatable bonds is 6. The molecule has 3 rings (SSSR count). The Morgan fingerprint density at radius 3 is 2.82 bits per heavy atom. The number of hydrogen-bond acceptors (Lipinski definition) is 3. The molecule has 118 valence electrons. The Balaban J connectivity index is 1.69. The highest BCUT2D eigenvalue weighted by atomic mass is 35.5. The van der Waals surface area contributed by atoms with E-state index in [1.807, 2.05) is 49.0 Å². The standard InChI is InChI=1S/C17H21ClN2O2/c1-12(2)22-16-8-4-7-15(18)14(16)11-21-17-9-10-20(19-17)13-5-3-6-13/h4,7-10,12-13H,3,5-6,11H2,1-2H3. The van der Waals surface area contributed by atoms with Crippen LogP contribution in [0.1, 0.15) is 44.7 Å². The molecule has 1 saturated carbocycles. The Morgan fingerprint density at radius 1 is 1.32 bits per heavy atom. The van der Waals surface area contributed by atoms with Gasteiger partial charge in [0.1, 0.15) is 12.4 Å². The van der Waals surface area contributed by atoms with Crippen molar-refractivity contribution in [3.05, 3.63) is 41.0 Å². The first-order valence-electron chi connectivity index (χ1n) is 7.75. The van der Waals surface area contributed by atoms with Crippen molar-refractivity contribution in [2.45, 2.75) is 51.9 Å². The van der Waals surface area contributed by atoms with E-state index in [0.717, 1.165) is 11.3 Å². The molecular formula is C17H21ClN2O2. The average molecular weight is 321 g/mol. The van der Waals surface area contributed by atoms with Crippen LogP contribution in [0.25, 0.3) is 0 Å². The summed E-state index contributed by atoms with van der Waals surface area (Å²) in [5, 5.41) is 5.13. The predicted octanol–water partition coefficient (Wildman–Crippen LogP) is 4.63. The van der Waals surface area contributed by atoms with Crippen molar-refractivity contribution in [2.75, 3.05) is 0 Å². The zero-order valence-corrected chi connectivity index (χ0v) is 13.7. The smallest absolute Gasteiger partial charge is 0.233 e. The quantitative estimate of drug-likeness (QED) is 0.778. The molecule has 1 aliphatic rings. The highest BCUT2D eigenvalue weighted by molar-refractivity contribution is 6.31. The largest absolute Gasteiger partial charge is 0.491 e. The minimum atomic E-state index is 0.0926. The lowest BCUT2D eigenvalue weighted by Crippen LogP contribution is -2.17. The first-order chi connectivity index (χ1) is 10.6. The maximum absolute atomic E-state index is 6.28. The van der Waals surface area contributed by atoms with Gasteiger partial charge < -0.3 is 9.47 Å². The summed E-state index contributed by atoms with van der Waals surface area (Å²) in [4.78, 5) is 0. The van der Waals surface area contributed by atoms with E-state index in [4.69, 9.17) is 21.1 Å². The topological polar surface area (TPSA) is 36.3 Å². The maximum Gasteiger partial charge on any atom is 0.233 e. The fraction of sp³-hybridized carbons (Fsp3) is 0.471. The minimum absolute atomic E-state index is 0.0926. The molecule has 0 aliphatic heterocycles. The molecule has 22 heavy (non-hydrogen) atoms. The molecule has 5 heteroatoms. The van der Waals surface area contributed by atoms with Crippen molar-refractivity contribution >= 4 is 11.6 Å². The van der Waals surface area contributed by atoms with Gasteiger partial charge in [0.15, 0.2) is 0 Å². The van der Waals surface area contributed by atoms with Gasteiger partial charge in [0.05, 0.1) is 22.7 Å². The van der Waals surface area contributed by atoms with Crippen LogP contribution in [0.2, 0.25) is 5.02 Å². The Kier molecular flexibility index (Phi) is 4.57. The van der Waals surface area contributed by atoms with E-state index in [2.05, 4.69) is 5.10 Å². The number of ether oxygens (including phenoxy) is 2. The average Bonchev–Trinajstić information content (AvgIpc) is 2.84. The Hall–Kier alpha value is -1.68. The molecule has 1 aromatic heterocycles. The first-order valence-corrected chi connectivity index (χ1v) is 8.13. The van der Waals surface area contributed by atoms with Crippen molar-refractivity contribution < 1.29 is 9.47 Å². The van der Waals surface area contributed by atoms with Crippen LogP contribution in [0.3, 0.4) is 0 Å². The third kappa shape index (κ3) is 3.38. The van der Waals surface area contributed by atoms with Crippen LogP contribution in [0, 0.1) is 0 Å². The molecule has 4 nitrogen and oxygen atoms in total. The van der Waals surface area contributed by atoms with Gasteiger partial charge in [-0.2, -0.15) is 0 Å². The van der Waals surface area contributed by atoms with E-state index in [9.17, 15) is 0 Å². The van der Waals surface area contributed by atoms with E-state index in [0.29, 0.717) is 23.6 Å². The fourth-order valence-corrected chi connectivity index (χ4v) is 2.66. The molecular weight excluding hydrogens is 300 g/mol. The summed E-state index contributed by atoms with van der Waals surface area (Å²) in [6.45, 7) is 4.33. The summed E-state index contributed by atoms with van der Waals surface area (Å²) >= 11 is 6.28. The van der Waals surface area contributed by atoms with Gasteiger partial charge in [-0.05, 0) is 45.2 Å². The van der Waals surface area contributed by atoms with Crippen LogP contribution in [0.4, 0.5) is 0 Å². The zero-order chi connectivity index (χ0) is 15.5. The van der Waals surface area contributed by atoms with E-state index in [1.54, 1.807) is 0 Å². The van der Waals surface area contributed by atoms with Crippen LogP contribution in [0.5, 0.6) is 11.6 Å². The predicted molar refractivity (Wildman–Crippen MR) is 86.7 cm³/mol. The van der Waals surface area contributed by atoms with Crippen LogP contribution < -0.4 is 9.47 Å². The number of benzene rings is 1. The van der Waals surface area contributed by atoms with Gasteiger partial charge in [0, 0.05) is 12.3 Å². The third-order valence-corrected chi connectivity index (χ3v) is 4.19. The van der Waals surface area contributed by atoms with E-state index in [-0.39, 0.29) is 6.10 Å². The second kappa shape index (κ2) is 6.61. The molecule has 0 bridgehead atoms. The Morgan fingerprint density at radius 2 is 2.14 bits per heavy atom. The molecule has 0 unspecified atom stereocenters. The lowest BCUT2D eigenvalue weighted by atomic mass is 9.93. The van der Waals surface area contributed by atoms with Gasteiger partial charge in [-0.25, -0.2) is 0 Å². The van der Waals surface area contributed by atoms with Crippen molar-refractivity contribution in [1.29, 1.82) is 0 Å². The summed E-state index contributed by atoms with van der Waals surface area (Å²) in [6.07, 6.45) is 5.78. The normalized spacial score (nSPS) is 14.9. The Labute approximate surface area is 136 Å². The highest BCUT2D eigenvalue weighted by Gasteiger charge is 2.20. The third-order valence-electron chi connectivity index (χ3n) is 3.84. The molecule has 0 radical (unpaired) electrons. The van der Waals surface area contributed by atoms with Crippen LogP contribution in [0.15, 0.2) is 30.5 Å². The minimum Gasteiger partial charge on any atom is -0.491 e. The fourth-order valence-electron chi connectivity index (χ4n) is 2.44. The molecule has 1 aromatic carbocycles. The van der Waals surface area contributed by atoms with Crippen molar-refractivity contribution in [3.8, 4) is 11.6 Å². The summed E-state index contributed by atoms with van der Waals surface area (Å²) in [7, 11) is 0. The lowest BCUT2D eigenvalue weighted by molar-refractivity contribution is 0.226. The van der Waals surface area contributed by atoms with Gasteiger partial charge in [-0.15, -0.1) is 5.10 Å². The molecule has 1 heterocycles. The van der Waals surface area contributed by atoms with Gasteiger partial charge >= 0.3 is 0 Å². The SMILES string of the molecule is CC(C)Oc1cccc(Cl)c1COc1ccn(C2CCC2)n1. The second-order valence-corrected chi connectivity index (χ2v) is 6.30. The molecule has 2 aromatic rings. The molecule has 0 amide bonds. The van der Waals surface area contributed by atoms with Gasteiger partial charge in [-0.3, -0.25) is 4.68 Å². The van der Waals surface area contributed by atoms with Gasteiger partial charge in [-0.1, -0.05) is 17.7 Å². The molecule has 0 atom stereocenters. The molecule has 0 N–H and O–H groups in total. The van der Waals surface area contributed by atoms with Crippen LogP contribution in [-0.2, 0) is 6.61 Å². The summed E-state index contributed by atoms with van der Waals surface area (Å²) in [6, 6.07) is 8.09. The van der Waals surface area contributed by atoms with E-state index in [1.165, 1.54) is 19.3 Å². The number of hydrogen-bond donors (Lipinski definition) is 0. The van der Waals surface area contributed by atoms with Crippen molar-refractivity contribution in [3.63, 3.8) is 0 Å². The molecule has 1 aliphatic carbocycles. The zero-order valence-electron chi connectivity index (χ0n) is 13.0. The van der Waals surface area contributed by atoms with Crippen molar-refractivity contribution in [1.82, 2.24) is 9.78 Å². The van der Waals surface area contributed by atoms with Crippen molar-refractivity contribution in [2.24, 2.45) is 0 Å². The number of aromatic nitrogens is 2. The monoisotopic (exact) mass is 320 g/mol. The highest BCUT2D eigenvalue weighted by Crippen LogP contribution is 2.32. The van der Waals surface area contributed by atoms with Crippen LogP contribution in [-0.4, -0.2) is 15.9 Å². The lowest BCUT2D eigenvalue weighted by Gasteiger charge is -2.25. The molecule has 1 fully saturated rings. The van der Waals surface area contributed by atoms with Crippen LogP contribution >= 0.6 is 11.6 Å². The molecule has 0 saturated heterocycles. The molecule has 0 spiro atoms. The maximum atomic E-state index is 6.28. The number of halogens is 1. The first kappa shape index (κ1) is 15.2.